The molecule has 1 aromatic rings. The van der Waals surface area contributed by atoms with Crippen LogP contribution in [-0.2, 0) is 10.0 Å². The Labute approximate surface area is 129 Å². The zero-order chi connectivity index (χ0) is 14.9. The lowest BCUT2D eigenvalue weighted by atomic mass is 10.2. The summed E-state index contributed by atoms with van der Waals surface area (Å²) < 4.78 is 33.4. The highest BCUT2D eigenvalue weighted by atomic mass is 79.9. The van der Waals surface area contributed by atoms with E-state index in [1.807, 2.05) is 13.8 Å². The van der Waals surface area contributed by atoms with Gasteiger partial charge in [0.05, 0.1) is 7.11 Å². The summed E-state index contributed by atoms with van der Waals surface area (Å²) in [5.74, 6) is 0.686. The van der Waals surface area contributed by atoms with Crippen LogP contribution in [0.3, 0.4) is 0 Å². The van der Waals surface area contributed by atoms with Gasteiger partial charge in [-0.1, -0.05) is 29.8 Å². The monoisotopic (exact) mass is 361 g/mol. The molecule has 1 aliphatic carbocycles. The van der Waals surface area contributed by atoms with E-state index in [4.69, 9.17) is 4.74 Å². The fourth-order valence-corrected chi connectivity index (χ4v) is 4.69. The van der Waals surface area contributed by atoms with Crippen molar-refractivity contribution in [3.63, 3.8) is 0 Å². The summed E-state index contributed by atoms with van der Waals surface area (Å²) in [7, 11) is -2.03. The van der Waals surface area contributed by atoms with Crippen molar-refractivity contribution in [2.24, 2.45) is 5.92 Å². The molecule has 1 saturated carbocycles. The molecule has 0 bridgehead atoms. The Balaban J connectivity index is 2.44. The van der Waals surface area contributed by atoms with E-state index in [-0.39, 0.29) is 10.9 Å². The van der Waals surface area contributed by atoms with Crippen molar-refractivity contribution >= 4 is 26.0 Å². The number of halogens is 1. The van der Waals surface area contributed by atoms with Gasteiger partial charge in [0.1, 0.15) is 10.6 Å². The SMILES string of the molecule is COc1ccc(Br)cc1S(=O)(=O)N(CC(C)C)C1CC1. The number of nitrogens with zero attached hydrogens (tertiary/aromatic N) is 1. The van der Waals surface area contributed by atoms with Gasteiger partial charge in [-0.15, -0.1) is 0 Å². The first-order valence-corrected chi connectivity index (χ1v) is 8.95. The van der Waals surface area contributed by atoms with Gasteiger partial charge in [-0.05, 0) is 37.0 Å². The predicted molar refractivity (Wildman–Crippen MR) is 82.4 cm³/mol. The minimum atomic E-state index is -3.52. The van der Waals surface area contributed by atoms with Gasteiger partial charge in [0, 0.05) is 17.1 Å². The first kappa shape index (κ1) is 15.8. The largest absolute Gasteiger partial charge is 0.495 e. The van der Waals surface area contributed by atoms with E-state index in [0.717, 1.165) is 17.3 Å². The minimum absolute atomic E-state index is 0.145. The number of hydrogen-bond donors (Lipinski definition) is 0. The molecule has 2 rings (SSSR count). The molecule has 0 amide bonds. The third kappa shape index (κ3) is 3.35. The van der Waals surface area contributed by atoms with E-state index in [0.29, 0.717) is 18.2 Å². The first-order chi connectivity index (χ1) is 9.36. The second-order valence-electron chi connectivity index (χ2n) is 5.49. The van der Waals surface area contributed by atoms with Crippen LogP contribution in [0.15, 0.2) is 27.6 Å². The third-order valence-corrected chi connectivity index (χ3v) is 5.64. The van der Waals surface area contributed by atoms with Crippen molar-refractivity contribution in [3.05, 3.63) is 22.7 Å². The molecule has 0 N–H and O–H groups in total. The summed E-state index contributed by atoms with van der Waals surface area (Å²) in [6.45, 7) is 4.61. The van der Waals surface area contributed by atoms with Gasteiger partial charge >= 0.3 is 0 Å². The maximum Gasteiger partial charge on any atom is 0.247 e. The van der Waals surface area contributed by atoms with Crippen LogP contribution < -0.4 is 4.74 Å². The van der Waals surface area contributed by atoms with Gasteiger partial charge in [0.2, 0.25) is 10.0 Å². The summed E-state index contributed by atoms with van der Waals surface area (Å²) in [6, 6.07) is 5.22. The second kappa shape index (κ2) is 6.03. The van der Waals surface area contributed by atoms with Crippen LogP contribution in [0.2, 0.25) is 0 Å². The molecule has 4 nitrogen and oxygen atoms in total. The lowest BCUT2D eigenvalue weighted by molar-refractivity contribution is 0.354. The summed E-state index contributed by atoms with van der Waals surface area (Å²) in [5, 5.41) is 0. The van der Waals surface area contributed by atoms with E-state index in [9.17, 15) is 8.42 Å². The summed E-state index contributed by atoms with van der Waals surface area (Å²) >= 11 is 3.33. The zero-order valence-corrected chi connectivity index (χ0v) is 14.4. The van der Waals surface area contributed by atoms with Crippen LogP contribution >= 0.6 is 15.9 Å². The van der Waals surface area contributed by atoms with Crippen molar-refractivity contribution in [2.75, 3.05) is 13.7 Å². The molecular weight excluding hydrogens is 342 g/mol. The Bertz CT molecular complexity index is 582. The molecule has 1 aromatic carbocycles. The molecule has 0 unspecified atom stereocenters. The van der Waals surface area contributed by atoms with Crippen molar-refractivity contribution in [3.8, 4) is 5.75 Å². The highest BCUT2D eigenvalue weighted by molar-refractivity contribution is 9.10. The molecule has 0 saturated heterocycles. The lowest BCUT2D eigenvalue weighted by Crippen LogP contribution is -2.36. The highest BCUT2D eigenvalue weighted by Crippen LogP contribution is 2.36. The van der Waals surface area contributed by atoms with Crippen molar-refractivity contribution in [1.82, 2.24) is 4.31 Å². The Morgan fingerprint density at radius 3 is 2.55 bits per heavy atom. The van der Waals surface area contributed by atoms with Crippen molar-refractivity contribution in [2.45, 2.75) is 37.6 Å². The number of hydrogen-bond acceptors (Lipinski definition) is 3. The lowest BCUT2D eigenvalue weighted by Gasteiger charge is -2.24. The number of sulfonamides is 1. The van der Waals surface area contributed by atoms with Gasteiger partial charge in [-0.2, -0.15) is 4.31 Å². The van der Waals surface area contributed by atoms with Gasteiger partial charge in [0.15, 0.2) is 0 Å². The van der Waals surface area contributed by atoms with Crippen molar-refractivity contribution in [1.29, 1.82) is 0 Å². The van der Waals surface area contributed by atoms with Crippen molar-refractivity contribution < 1.29 is 13.2 Å². The number of ether oxygens (including phenoxy) is 1. The molecule has 0 spiro atoms. The van der Waals surface area contributed by atoms with E-state index in [1.165, 1.54) is 7.11 Å². The maximum absolute atomic E-state index is 12.9. The quantitative estimate of drug-likeness (QED) is 0.780. The maximum atomic E-state index is 12.9. The Kier molecular flexibility index (Phi) is 4.76. The topological polar surface area (TPSA) is 46.6 Å². The Morgan fingerprint density at radius 1 is 1.40 bits per heavy atom. The predicted octanol–water partition coefficient (Wildman–Crippen LogP) is 3.27. The van der Waals surface area contributed by atoms with E-state index >= 15 is 0 Å². The summed E-state index contributed by atoms with van der Waals surface area (Å²) in [6.07, 6.45) is 1.89. The molecule has 1 aliphatic rings. The number of methoxy groups -OCH3 is 1. The van der Waals surface area contributed by atoms with E-state index in [2.05, 4.69) is 15.9 Å². The summed E-state index contributed by atoms with van der Waals surface area (Å²) in [4.78, 5) is 0.238. The molecule has 0 aliphatic heterocycles. The highest BCUT2D eigenvalue weighted by Gasteiger charge is 2.39. The molecule has 0 atom stereocenters. The molecular formula is C14H20BrNO3S. The number of rotatable bonds is 6. The Morgan fingerprint density at radius 2 is 2.05 bits per heavy atom. The first-order valence-electron chi connectivity index (χ1n) is 6.71. The van der Waals surface area contributed by atoms with Gasteiger partial charge in [0.25, 0.3) is 0 Å². The van der Waals surface area contributed by atoms with Gasteiger partial charge < -0.3 is 4.74 Å². The molecule has 112 valence electrons. The second-order valence-corrected chi connectivity index (χ2v) is 8.27. The molecule has 0 heterocycles. The van der Waals surface area contributed by atoms with Gasteiger partial charge in [-0.3, -0.25) is 0 Å². The zero-order valence-electron chi connectivity index (χ0n) is 12.0. The average Bonchev–Trinajstić information content (AvgIpc) is 3.19. The van der Waals surface area contributed by atoms with Crippen LogP contribution in [-0.4, -0.2) is 32.4 Å². The number of benzene rings is 1. The molecule has 0 radical (unpaired) electrons. The molecule has 6 heteroatoms. The van der Waals surface area contributed by atoms with Gasteiger partial charge in [-0.25, -0.2) is 8.42 Å². The van der Waals surface area contributed by atoms with Crippen LogP contribution in [0.1, 0.15) is 26.7 Å². The standard InChI is InChI=1S/C14H20BrNO3S/c1-10(2)9-16(12-5-6-12)20(17,18)14-8-11(15)4-7-13(14)19-3/h4,7-8,10,12H,5-6,9H2,1-3H3. The van der Waals surface area contributed by atoms with E-state index < -0.39 is 10.0 Å². The average molecular weight is 362 g/mol. The minimum Gasteiger partial charge on any atom is -0.495 e. The van der Waals surface area contributed by atoms with E-state index in [1.54, 1.807) is 22.5 Å². The smallest absolute Gasteiger partial charge is 0.247 e. The normalized spacial score (nSPS) is 15.9. The van der Waals surface area contributed by atoms with Crippen LogP contribution in [0.25, 0.3) is 0 Å². The van der Waals surface area contributed by atoms with Crippen LogP contribution in [0, 0.1) is 5.92 Å². The molecule has 0 aromatic heterocycles. The van der Waals surface area contributed by atoms with Crippen LogP contribution in [0.4, 0.5) is 0 Å². The summed E-state index contributed by atoms with van der Waals surface area (Å²) in [5.41, 5.74) is 0. The molecule has 1 fully saturated rings. The Hall–Kier alpha value is -0.590. The third-order valence-electron chi connectivity index (χ3n) is 3.21. The molecule has 20 heavy (non-hydrogen) atoms. The fraction of sp³-hybridized carbons (Fsp3) is 0.571. The fourth-order valence-electron chi connectivity index (χ4n) is 2.14. The van der Waals surface area contributed by atoms with Crippen LogP contribution in [0.5, 0.6) is 5.75 Å².